The molecule has 0 bridgehead atoms. The highest BCUT2D eigenvalue weighted by Crippen LogP contribution is 2.38. The number of hydrogen-bond acceptors (Lipinski definition) is 3. The van der Waals surface area contributed by atoms with Crippen molar-refractivity contribution in [2.24, 2.45) is 0 Å². The number of carbonyl (C=O) groups is 2. The molecule has 2 aliphatic rings. The van der Waals surface area contributed by atoms with E-state index in [2.05, 4.69) is 11.4 Å². The highest BCUT2D eigenvalue weighted by Gasteiger charge is 2.40. The lowest BCUT2D eigenvalue weighted by atomic mass is 9.91. The third-order valence-electron chi connectivity index (χ3n) is 6.23. The highest BCUT2D eigenvalue weighted by molar-refractivity contribution is 5.87. The second kappa shape index (κ2) is 9.12. The number of halogens is 2. The minimum absolute atomic E-state index is 0.0500. The molecule has 1 fully saturated rings. The molecule has 0 saturated carbocycles. The van der Waals surface area contributed by atoms with Crippen LogP contribution in [-0.2, 0) is 16.0 Å². The van der Waals surface area contributed by atoms with Crippen molar-refractivity contribution in [1.82, 2.24) is 10.2 Å². The van der Waals surface area contributed by atoms with Gasteiger partial charge in [0, 0.05) is 12.5 Å². The molecule has 2 aromatic rings. The third-order valence-corrected chi connectivity index (χ3v) is 6.23. The Morgan fingerprint density at radius 2 is 1.79 bits per heavy atom. The summed E-state index contributed by atoms with van der Waals surface area (Å²) in [5, 5.41) is 2.78. The second-order valence-corrected chi connectivity index (χ2v) is 9.86. The number of hydrogen-bond donors (Lipinski definition) is 1. The molecule has 7 heteroatoms. The lowest BCUT2D eigenvalue weighted by Crippen LogP contribution is -2.51. The van der Waals surface area contributed by atoms with Gasteiger partial charge in [0.1, 0.15) is 23.6 Å². The second-order valence-electron chi connectivity index (χ2n) is 9.86. The van der Waals surface area contributed by atoms with Gasteiger partial charge in [-0.1, -0.05) is 30.3 Å². The molecule has 0 unspecified atom stereocenters. The number of alkyl halides is 1. The normalized spacial score (nSPS) is 20.9. The molecule has 1 saturated heterocycles. The first-order chi connectivity index (χ1) is 15.6. The van der Waals surface area contributed by atoms with Crippen LogP contribution in [0.25, 0.3) is 11.1 Å². The monoisotopic (exact) mass is 456 g/mol. The van der Waals surface area contributed by atoms with E-state index in [4.69, 9.17) is 4.74 Å². The molecule has 5 nitrogen and oxygen atoms in total. The van der Waals surface area contributed by atoms with Crippen LogP contribution in [0, 0.1) is 5.82 Å². The number of aryl methyl sites for hydroxylation is 1. The molecular formula is C26H30F2N2O3. The first kappa shape index (κ1) is 23.2. The van der Waals surface area contributed by atoms with Gasteiger partial charge >= 0.3 is 6.09 Å². The van der Waals surface area contributed by atoms with E-state index < -0.39 is 23.9 Å². The Hall–Kier alpha value is -2.96. The number of benzene rings is 2. The number of ether oxygens (including phenoxy) is 1. The van der Waals surface area contributed by atoms with E-state index in [0.717, 1.165) is 28.7 Å². The predicted octanol–water partition coefficient (Wildman–Crippen LogP) is 4.99. The molecule has 3 atom stereocenters. The van der Waals surface area contributed by atoms with Gasteiger partial charge in [-0.05, 0) is 74.4 Å². The van der Waals surface area contributed by atoms with Crippen LogP contribution in [0.15, 0.2) is 42.5 Å². The Morgan fingerprint density at radius 1 is 1.09 bits per heavy atom. The molecule has 0 radical (unpaired) electrons. The third kappa shape index (κ3) is 5.34. The zero-order chi connectivity index (χ0) is 23.8. The van der Waals surface area contributed by atoms with Crippen molar-refractivity contribution in [3.05, 3.63) is 59.4 Å². The van der Waals surface area contributed by atoms with Crippen molar-refractivity contribution in [2.45, 2.75) is 63.8 Å². The number of nitrogens with one attached hydrogen (secondary N) is 1. The Bertz CT molecular complexity index is 1030. The molecule has 0 aromatic heterocycles. The van der Waals surface area contributed by atoms with Crippen molar-refractivity contribution in [1.29, 1.82) is 0 Å². The predicted molar refractivity (Wildman–Crippen MR) is 122 cm³/mol. The van der Waals surface area contributed by atoms with Crippen LogP contribution >= 0.6 is 0 Å². The number of fused-ring (bicyclic) bond motifs is 1. The van der Waals surface area contributed by atoms with Crippen LogP contribution in [0.4, 0.5) is 13.6 Å². The van der Waals surface area contributed by atoms with Crippen molar-refractivity contribution >= 4 is 12.0 Å². The van der Waals surface area contributed by atoms with Gasteiger partial charge in [-0.2, -0.15) is 0 Å². The summed E-state index contributed by atoms with van der Waals surface area (Å²) in [6, 6.07) is 11.5. The van der Waals surface area contributed by atoms with Gasteiger partial charge < -0.3 is 15.0 Å². The minimum atomic E-state index is -1.04. The summed E-state index contributed by atoms with van der Waals surface area (Å²) in [5.41, 5.74) is 3.26. The molecule has 176 valence electrons. The molecule has 4 rings (SSSR count). The fourth-order valence-corrected chi connectivity index (χ4v) is 4.70. The Morgan fingerprint density at radius 3 is 2.42 bits per heavy atom. The maximum absolute atomic E-state index is 13.8. The van der Waals surface area contributed by atoms with Gasteiger partial charge in [0.15, 0.2) is 0 Å². The van der Waals surface area contributed by atoms with Gasteiger partial charge in [0.25, 0.3) is 0 Å². The maximum atomic E-state index is 13.8. The van der Waals surface area contributed by atoms with Crippen LogP contribution in [0.3, 0.4) is 0 Å². The lowest BCUT2D eigenvalue weighted by Gasteiger charge is -2.30. The van der Waals surface area contributed by atoms with E-state index >= 15 is 0 Å². The van der Waals surface area contributed by atoms with Crippen molar-refractivity contribution in [3.63, 3.8) is 0 Å². The van der Waals surface area contributed by atoms with E-state index in [-0.39, 0.29) is 24.2 Å². The van der Waals surface area contributed by atoms with Crippen molar-refractivity contribution in [2.75, 3.05) is 13.1 Å². The fraction of sp³-hybridized carbons (Fsp3) is 0.462. The van der Waals surface area contributed by atoms with Crippen molar-refractivity contribution < 1.29 is 23.1 Å². The van der Waals surface area contributed by atoms with Crippen LogP contribution in [0.1, 0.15) is 50.7 Å². The van der Waals surface area contributed by atoms with Crippen LogP contribution in [0.5, 0.6) is 0 Å². The summed E-state index contributed by atoms with van der Waals surface area (Å²) in [6.45, 7) is 5.68. The molecular weight excluding hydrogens is 426 g/mol. The molecule has 33 heavy (non-hydrogen) atoms. The van der Waals surface area contributed by atoms with E-state index in [0.29, 0.717) is 19.4 Å². The maximum Gasteiger partial charge on any atom is 0.408 e. The number of alkyl carbamates (subject to hydrolysis) is 1. The summed E-state index contributed by atoms with van der Waals surface area (Å²) >= 11 is 0. The summed E-state index contributed by atoms with van der Waals surface area (Å²) in [4.78, 5) is 27.4. The number of carbonyl (C=O) groups excluding carboxylic acids is 2. The number of nitrogens with zero attached hydrogens (tertiary/aromatic N) is 1. The molecule has 2 aromatic carbocycles. The molecule has 2 amide bonds. The van der Waals surface area contributed by atoms with Crippen LogP contribution in [0.2, 0.25) is 0 Å². The first-order valence-electron chi connectivity index (χ1n) is 11.4. The standard InChI is InChI=1S/C26H30F2N2O3/c1-26(2,3)33-25(32)29-23(24(31)30-13-12-20(28)15-30)22-11-7-18-14-17(6-10-21(18)22)16-4-8-19(27)9-5-16/h4-6,8-10,14,20,22-23H,7,11-13,15H2,1-3H3,(H,29,32)/t20-,22-,23-/m0/s1. The molecule has 0 spiro atoms. The van der Waals surface area contributed by atoms with Gasteiger partial charge in [-0.15, -0.1) is 0 Å². The number of rotatable bonds is 4. The molecule has 1 aliphatic carbocycles. The van der Waals surface area contributed by atoms with Gasteiger partial charge in [-0.3, -0.25) is 4.79 Å². The summed E-state index contributed by atoms with van der Waals surface area (Å²) in [7, 11) is 0. The van der Waals surface area contributed by atoms with Crippen molar-refractivity contribution in [3.8, 4) is 11.1 Å². The Labute approximate surface area is 193 Å². The topological polar surface area (TPSA) is 58.6 Å². The molecule has 1 aliphatic heterocycles. The SMILES string of the molecule is CC(C)(C)OC(=O)N[C@H](C(=O)N1CC[C@H](F)C1)[C@H]1CCc2cc(-c3ccc(F)cc3)ccc21. The van der Waals surface area contributed by atoms with E-state index in [9.17, 15) is 18.4 Å². The summed E-state index contributed by atoms with van der Waals surface area (Å²) < 4.78 is 32.5. The van der Waals surface area contributed by atoms with E-state index in [1.165, 1.54) is 17.0 Å². The Kier molecular flexibility index (Phi) is 6.41. The zero-order valence-electron chi connectivity index (χ0n) is 19.2. The first-order valence-corrected chi connectivity index (χ1v) is 11.4. The zero-order valence-corrected chi connectivity index (χ0v) is 19.2. The average Bonchev–Trinajstić information content (AvgIpc) is 3.36. The number of likely N-dealkylation sites (tertiary alicyclic amines) is 1. The summed E-state index contributed by atoms with van der Waals surface area (Å²) in [5.74, 6) is -0.797. The minimum Gasteiger partial charge on any atom is -0.444 e. The van der Waals surface area contributed by atoms with Crippen LogP contribution < -0.4 is 5.32 Å². The fourth-order valence-electron chi connectivity index (χ4n) is 4.70. The molecule has 1 heterocycles. The van der Waals surface area contributed by atoms with Crippen LogP contribution in [-0.4, -0.2) is 47.8 Å². The number of amides is 2. The van der Waals surface area contributed by atoms with Gasteiger partial charge in [0.05, 0.1) is 6.54 Å². The van der Waals surface area contributed by atoms with E-state index in [1.807, 2.05) is 12.1 Å². The van der Waals surface area contributed by atoms with Gasteiger partial charge in [0.2, 0.25) is 5.91 Å². The average molecular weight is 457 g/mol. The smallest absolute Gasteiger partial charge is 0.408 e. The van der Waals surface area contributed by atoms with E-state index in [1.54, 1.807) is 32.9 Å². The highest BCUT2D eigenvalue weighted by atomic mass is 19.1. The summed E-state index contributed by atoms with van der Waals surface area (Å²) in [6.07, 6.45) is 0.0492. The molecule has 1 N–H and O–H groups in total. The lowest BCUT2D eigenvalue weighted by molar-refractivity contribution is -0.133. The Balaban J connectivity index is 1.60. The largest absolute Gasteiger partial charge is 0.444 e. The quantitative estimate of drug-likeness (QED) is 0.706. The van der Waals surface area contributed by atoms with Gasteiger partial charge in [-0.25, -0.2) is 13.6 Å².